The molecule has 0 aliphatic rings. The van der Waals surface area contributed by atoms with Crippen LogP contribution < -0.4 is 0 Å². The van der Waals surface area contributed by atoms with E-state index in [2.05, 4.69) is 6.58 Å². The van der Waals surface area contributed by atoms with Crippen LogP contribution in [0.4, 0.5) is 4.39 Å². The van der Waals surface area contributed by atoms with E-state index in [0.29, 0.717) is 6.42 Å². The molecule has 0 radical (unpaired) electrons. The smallest absolute Gasteiger partial charge is 0.126 e. The van der Waals surface area contributed by atoms with Gasteiger partial charge in [0.2, 0.25) is 0 Å². The van der Waals surface area contributed by atoms with Crippen LogP contribution in [0.5, 0.6) is 0 Å². The van der Waals surface area contributed by atoms with Crippen LogP contribution >= 0.6 is 0 Å². The number of allylic oxidation sites excluding steroid dienone is 1. The maximum atomic E-state index is 13.0. The van der Waals surface area contributed by atoms with Crippen molar-refractivity contribution in [1.82, 2.24) is 0 Å². The first-order valence-corrected chi connectivity index (χ1v) is 3.60. The highest BCUT2D eigenvalue weighted by Crippen LogP contribution is 2.12. The molecule has 0 unspecified atom stereocenters. The molecule has 0 nitrogen and oxygen atoms in total. The summed E-state index contributed by atoms with van der Waals surface area (Å²) in [6.07, 6.45) is 2.32. The predicted molar refractivity (Wildman–Crippen MR) is 45.0 cm³/mol. The third kappa shape index (κ3) is 1.67. The summed E-state index contributed by atoms with van der Waals surface area (Å²) < 4.78 is 13.0. The Kier molecular flexibility index (Phi) is 2.42. The van der Waals surface area contributed by atoms with Gasteiger partial charge in [0.15, 0.2) is 0 Å². The van der Waals surface area contributed by atoms with Crippen molar-refractivity contribution < 1.29 is 4.39 Å². The van der Waals surface area contributed by atoms with Crippen LogP contribution in [0.2, 0.25) is 0 Å². The molecule has 0 aliphatic carbocycles. The quantitative estimate of drug-likeness (QED) is 0.569. The average molecular weight is 150 g/mol. The van der Waals surface area contributed by atoms with Gasteiger partial charge in [0.1, 0.15) is 5.82 Å². The molecule has 0 saturated carbocycles. The van der Waals surface area contributed by atoms with Crippen molar-refractivity contribution in [3.63, 3.8) is 0 Å². The van der Waals surface area contributed by atoms with Crippen LogP contribution in [0.1, 0.15) is 11.1 Å². The van der Waals surface area contributed by atoms with E-state index in [1.165, 1.54) is 6.07 Å². The number of aryl methyl sites for hydroxylation is 1. The molecule has 0 amide bonds. The lowest BCUT2D eigenvalue weighted by molar-refractivity contribution is 0.613. The Bertz CT molecular complexity index is 243. The van der Waals surface area contributed by atoms with Crippen LogP contribution in [0.3, 0.4) is 0 Å². The summed E-state index contributed by atoms with van der Waals surface area (Å²) in [5, 5.41) is 0. The Morgan fingerprint density at radius 2 is 2.27 bits per heavy atom. The van der Waals surface area contributed by atoms with Crippen LogP contribution in [-0.4, -0.2) is 0 Å². The zero-order valence-electron chi connectivity index (χ0n) is 6.60. The highest BCUT2D eigenvalue weighted by atomic mass is 19.1. The van der Waals surface area contributed by atoms with Gasteiger partial charge < -0.3 is 0 Å². The van der Waals surface area contributed by atoms with Gasteiger partial charge in [-0.05, 0) is 30.5 Å². The van der Waals surface area contributed by atoms with Crippen molar-refractivity contribution in [2.24, 2.45) is 0 Å². The van der Waals surface area contributed by atoms with Gasteiger partial charge in [-0.1, -0.05) is 18.2 Å². The normalized spacial score (nSPS) is 9.64. The maximum absolute atomic E-state index is 13.0. The fourth-order valence-corrected chi connectivity index (χ4v) is 1.07. The topological polar surface area (TPSA) is 0 Å². The molecule has 0 bridgehead atoms. The summed E-state index contributed by atoms with van der Waals surface area (Å²) in [5.74, 6) is -0.134. The summed E-state index contributed by atoms with van der Waals surface area (Å²) in [6, 6.07) is 5.10. The Labute approximate surface area is 66.4 Å². The number of rotatable bonds is 2. The van der Waals surface area contributed by atoms with Crippen LogP contribution in [0.25, 0.3) is 0 Å². The van der Waals surface area contributed by atoms with Crippen LogP contribution in [-0.2, 0) is 6.42 Å². The lowest BCUT2D eigenvalue weighted by Gasteiger charge is -2.02. The van der Waals surface area contributed by atoms with Crippen molar-refractivity contribution in [2.45, 2.75) is 13.3 Å². The van der Waals surface area contributed by atoms with E-state index in [9.17, 15) is 4.39 Å². The molecule has 0 atom stereocenters. The third-order valence-electron chi connectivity index (χ3n) is 1.70. The molecule has 0 aliphatic heterocycles. The van der Waals surface area contributed by atoms with Gasteiger partial charge >= 0.3 is 0 Å². The third-order valence-corrected chi connectivity index (χ3v) is 1.70. The standard InChI is InChI=1S/C10H11F/c1-3-5-9-8(2)6-4-7-10(9)11/h3-4,6-7H,1,5H2,2H3. The monoisotopic (exact) mass is 150 g/mol. The van der Waals surface area contributed by atoms with Gasteiger partial charge in [-0.3, -0.25) is 0 Å². The van der Waals surface area contributed by atoms with Gasteiger partial charge in [-0.25, -0.2) is 4.39 Å². The molecule has 1 rings (SSSR count). The first-order valence-electron chi connectivity index (χ1n) is 3.60. The number of hydrogen-bond donors (Lipinski definition) is 0. The molecule has 58 valence electrons. The van der Waals surface area contributed by atoms with Gasteiger partial charge in [0, 0.05) is 0 Å². The molecule has 0 fully saturated rings. The zero-order valence-corrected chi connectivity index (χ0v) is 6.60. The maximum Gasteiger partial charge on any atom is 0.126 e. The Balaban J connectivity index is 3.09. The Morgan fingerprint density at radius 1 is 1.55 bits per heavy atom. The molecule has 1 aromatic rings. The lowest BCUT2D eigenvalue weighted by Crippen LogP contribution is -1.91. The van der Waals surface area contributed by atoms with Crippen molar-refractivity contribution in [1.29, 1.82) is 0 Å². The largest absolute Gasteiger partial charge is 0.207 e. The minimum Gasteiger partial charge on any atom is -0.207 e. The van der Waals surface area contributed by atoms with E-state index in [4.69, 9.17) is 0 Å². The van der Waals surface area contributed by atoms with Crippen molar-refractivity contribution in [3.8, 4) is 0 Å². The molecule has 1 heteroatoms. The Morgan fingerprint density at radius 3 is 2.82 bits per heavy atom. The second kappa shape index (κ2) is 3.33. The first kappa shape index (κ1) is 7.99. The highest BCUT2D eigenvalue weighted by molar-refractivity contribution is 5.28. The van der Waals surface area contributed by atoms with Gasteiger partial charge in [0.05, 0.1) is 0 Å². The minimum absolute atomic E-state index is 0.134. The first-order chi connectivity index (χ1) is 5.25. The second-order valence-corrected chi connectivity index (χ2v) is 2.53. The molecule has 11 heavy (non-hydrogen) atoms. The van der Waals surface area contributed by atoms with E-state index >= 15 is 0 Å². The predicted octanol–water partition coefficient (Wildman–Crippen LogP) is 2.86. The summed E-state index contributed by atoms with van der Waals surface area (Å²) in [7, 11) is 0. The van der Waals surface area contributed by atoms with E-state index in [0.717, 1.165) is 11.1 Å². The zero-order chi connectivity index (χ0) is 8.27. The molecular formula is C10H11F. The molecule has 0 aromatic heterocycles. The van der Waals surface area contributed by atoms with Crippen molar-refractivity contribution >= 4 is 0 Å². The average Bonchev–Trinajstić information content (AvgIpc) is 1.97. The van der Waals surface area contributed by atoms with E-state index in [-0.39, 0.29) is 5.82 Å². The second-order valence-electron chi connectivity index (χ2n) is 2.53. The van der Waals surface area contributed by atoms with Gasteiger partial charge in [-0.15, -0.1) is 6.58 Å². The summed E-state index contributed by atoms with van der Waals surface area (Å²) >= 11 is 0. The molecule has 0 heterocycles. The van der Waals surface area contributed by atoms with Crippen LogP contribution in [0, 0.1) is 12.7 Å². The van der Waals surface area contributed by atoms with E-state index in [1.54, 1.807) is 12.1 Å². The van der Waals surface area contributed by atoms with Crippen LogP contribution in [0.15, 0.2) is 30.9 Å². The van der Waals surface area contributed by atoms with Gasteiger partial charge in [-0.2, -0.15) is 0 Å². The fourth-order valence-electron chi connectivity index (χ4n) is 1.07. The summed E-state index contributed by atoms with van der Waals surface area (Å²) in [4.78, 5) is 0. The SMILES string of the molecule is C=CCc1c(C)cccc1F. The fraction of sp³-hybridized carbons (Fsp3) is 0.200. The molecule has 0 N–H and O–H groups in total. The van der Waals surface area contributed by atoms with Crippen molar-refractivity contribution in [3.05, 3.63) is 47.8 Å². The molecular weight excluding hydrogens is 139 g/mol. The van der Waals surface area contributed by atoms with E-state index in [1.807, 2.05) is 13.0 Å². The molecule has 0 saturated heterocycles. The minimum atomic E-state index is -0.134. The number of benzene rings is 1. The lowest BCUT2D eigenvalue weighted by atomic mass is 10.1. The van der Waals surface area contributed by atoms with Crippen molar-refractivity contribution in [2.75, 3.05) is 0 Å². The summed E-state index contributed by atoms with van der Waals surface area (Å²) in [5.41, 5.74) is 1.74. The van der Waals surface area contributed by atoms with E-state index < -0.39 is 0 Å². The highest BCUT2D eigenvalue weighted by Gasteiger charge is 2.01. The molecule has 1 aromatic carbocycles. The van der Waals surface area contributed by atoms with Gasteiger partial charge in [0.25, 0.3) is 0 Å². The number of halogens is 1. The number of hydrogen-bond acceptors (Lipinski definition) is 0. The Hall–Kier alpha value is -1.11. The summed E-state index contributed by atoms with van der Waals surface area (Å²) in [6.45, 7) is 5.48. The molecule has 0 spiro atoms.